The van der Waals surface area contributed by atoms with E-state index in [2.05, 4.69) is 10.1 Å². The maximum Gasteiger partial charge on any atom is 0.277 e. The van der Waals surface area contributed by atoms with Gasteiger partial charge in [0.05, 0.1) is 31.9 Å². The second-order valence-electron chi connectivity index (χ2n) is 11.5. The lowest BCUT2D eigenvalue weighted by Crippen LogP contribution is -2.34. The molecule has 4 aromatic heterocycles. The van der Waals surface area contributed by atoms with Crippen molar-refractivity contribution in [1.29, 1.82) is 0 Å². The molecule has 47 heavy (non-hydrogen) atoms. The molecule has 5 aromatic rings. The van der Waals surface area contributed by atoms with Crippen LogP contribution in [0.25, 0.3) is 22.0 Å². The summed E-state index contributed by atoms with van der Waals surface area (Å²) in [6.07, 6.45) is 0. The Bertz CT molecular complexity index is 2100. The Morgan fingerprint density at radius 1 is 0.957 bits per heavy atom. The van der Waals surface area contributed by atoms with Gasteiger partial charge in [0.2, 0.25) is 0 Å². The Kier molecular flexibility index (Phi) is 10.3. The van der Waals surface area contributed by atoms with E-state index in [1.807, 2.05) is 58.0 Å². The average Bonchev–Trinajstić information content (AvgIpc) is 3.56. The maximum atomic E-state index is 14.5. The molecule has 0 aliphatic heterocycles. The topological polar surface area (TPSA) is 126 Å². The molecule has 0 spiro atoms. The van der Waals surface area contributed by atoms with Crippen LogP contribution in [0.4, 0.5) is 5.82 Å². The van der Waals surface area contributed by atoms with Crippen molar-refractivity contribution >= 4 is 38.1 Å². The number of hydrogen-bond donors (Lipinski definition) is 0. The van der Waals surface area contributed by atoms with E-state index in [1.165, 1.54) is 11.3 Å². The molecule has 0 amide bonds. The fraction of sp³-hybridized carbons (Fsp3) is 0.382. The molecule has 4 heterocycles. The Labute approximate surface area is 278 Å². The minimum Gasteiger partial charge on any atom is -0.382 e. The number of pyridine rings is 2. The van der Waals surface area contributed by atoms with Gasteiger partial charge in [-0.1, -0.05) is 23.4 Å². The lowest BCUT2D eigenvalue weighted by molar-refractivity contribution is 0.0753. The van der Waals surface area contributed by atoms with Crippen LogP contribution >= 0.6 is 11.3 Å². The minimum atomic E-state index is -4.17. The molecule has 0 radical (unpaired) electrons. The molecule has 250 valence electrons. The van der Waals surface area contributed by atoms with Crippen LogP contribution in [-0.2, 0) is 37.4 Å². The van der Waals surface area contributed by atoms with E-state index in [-0.39, 0.29) is 35.5 Å². The largest absolute Gasteiger partial charge is 0.382 e. The van der Waals surface area contributed by atoms with Crippen LogP contribution in [0.15, 0.2) is 49.9 Å². The van der Waals surface area contributed by atoms with Gasteiger partial charge in [-0.3, -0.25) is 9.78 Å². The van der Waals surface area contributed by atoms with Crippen LogP contribution in [0.1, 0.15) is 44.3 Å². The third-order valence-electron chi connectivity index (χ3n) is 8.05. The molecule has 13 heteroatoms. The van der Waals surface area contributed by atoms with E-state index in [0.29, 0.717) is 35.6 Å². The zero-order valence-corrected chi connectivity index (χ0v) is 29.6. The number of ether oxygens (including phenoxy) is 3. The first-order chi connectivity index (χ1) is 22.4. The number of thiophene rings is 1. The van der Waals surface area contributed by atoms with E-state index >= 15 is 0 Å². The van der Waals surface area contributed by atoms with Gasteiger partial charge in [-0.2, -0.15) is 0 Å². The highest BCUT2D eigenvalue weighted by Crippen LogP contribution is 2.40. The van der Waals surface area contributed by atoms with Crippen LogP contribution in [-0.4, -0.2) is 57.3 Å². The van der Waals surface area contributed by atoms with Gasteiger partial charge in [-0.25, -0.2) is 12.7 Å². The predicted octanol–water partition coefficient (Wildman–Crippen LogP) is 5.97. The van der Waals surface area contributed by atoms with Gasteiger partial charge in [0.1, 0.15) is 16.7 Å². The molecule has 11 nitrogen and oxygen atoms in total. The van der Waals surface area contributed by atoms with Crippen LogP contribution in [0, 0.1) is 41.5 Å². The number of anilines is 1. The number of sulfonamides is 1. The molecule has 0 aliphatic carbocycles. The zero-order valence-electron chi connectivity index (χ0n) is 28.0. The molecule has 0 aliphatic rings. The third kappa shape index (κ3) is 6.90. The van der Waals surface area contributed by atoms with E-state index in [1.54, 1.807) is 38.7 Å². The minimum absolute atomic E-state index is 0.106. The lowest BCUT2D eigenvalue weighted by atomic mass is 9.99. The number of fused-ring (bicyclic) bond motifs is 1. The average molecular weight is 681 g/mol. The maximum absolute atomic E-state index is 14.5. The van der Waals surface area contributed by atoms with Gasteiger partial charge in [0, 0.05) is 53.1 Å². The fourth-order valence-electron chi connectivity index (χ4n) is 5.74. The number of rotatable bonds is 13. The number of methoxy groups -OCH3 is 2. The second-order valence-corrected chi connectivity index (χ2v) is 14.9. The van der Waals surface area contributed by atoms with Crippen molar-refractivity contribution in [2.45, 2.75) is 58.9 Å². The summed E-state index contributed by atoms with van der Waals surface area (Å²) in [5, 5.41) is 5.03. The van der Waals surface area contributed by atoms with Gasteiger partial charge < -0.3 is 23.3 Å². The molecule has 0 bridgehead atoms. The van der Waals surface area contributed by atoms with Crippen molar-refractivity contribution in [1.82, 2.24) is 14.7 Å². The summed E-state index contributed by atoms with van der Waals surface area (Å²) in [5.74, 6) is 0.681. The summed E-state index contributed by atoms with van der Waals surface area (Å²) >= 11 is 1.18. The SMILES string of the molecule is COCCOCN(c1noc(C)c1C)S(=O)(=O)c1sc(C)cc1-c1ccc(Cn2c(=O)cc(C)c3c(C)nc(C)cc32)cc1COC. The molecule has 0 saturated heterocycles. The van der Waals surface area contributed by atoms with Crippen molar-refractivity contribution < 1.29 is 27.2 Å². The summed E-state index contributed by atoms with van der Waals surface area (Å²) < 4.78 is 53.7. The van der Waals surface area contributed by atoms with Gasteiger partial charge in [0.15, 0.2) is 5.82 Å². The van der Waals surface area contributed by atoms with Gasteiger partial charge in [-0.05, 0) is 75.9 Å². The first-order valence-electron chi connectivity index (χ1n) is 15.1. The number of hydrogen-bond acceptors (Lipinski definition) is 10. The Morgan fingerprint density at radius 2 is 1.72 bits per heavy atom. The van der Waals surface area contributed by atoms with E-state index < -0.39 is 10.0 Å². The Balaban J connectivity index is 1.59. The fourth-order valence-corrected chi connectivity index (χ4v) is 8.83. The van der Waals surface area contributed by atoms with Crippen LogP contribution in [0.2, 0.25) is 0 Å². The quantitative estimate of drug-likeness (QED) is 0.109. The highest BCUT2D eigenvalue weighted by atomic mass is 32.2. The van der Waals surface area contributed by atoms with Crippen molar-refractivity contribution in [2.24, 2.45) is 0 Å². The van der Waals surface area contributed by atoms with E-state index in [9.17, 15) is 13.2 Å². The van der Waals surface area contributed by atoms with E-state index in [0.717, 1.165) is 48.2 Å². The summed E-state index contributed by atoms with van der Waals surface area (Å²) in [6.45, 7) is 11.9. The smallest absolute Gasteiger partial charge is 0.277 e. The van der Waals surface area contributed by atoms with Crippen molar-refractivity contribution in [3.63, 3.8) is 0 Å². The van der Waals surface area contributed by atoms with Crippen LogP contribution < -0.4 is 9.86 Å². The number of aromatic nitrogens is 3. The highest BCUT2D eigenvalue weighted by Gasteiger charge is 2.34. The predicted molar refractivity (Wildman–Crippen MR) is 183 cm³/mol. The van der Waals surface area contributed by atoms with Crippen molar-refractivity contribution in [3.8, 4) is 11.1 Å². The normalized spacial score (nSPS) is 11.9. The number of nitrogens with zero attached hydrogens (tertiary/aromatic N) is 4. The van der Waals surface area contributed by atoms with Gasteiger partial charge >= 0.3 is 0 Å². The number of benzene rings is 1. The molecule has 0 N–H and O–H groups in total. The molecule has 5 rings (SSSR count). The van der Waals surface area contributed by atoms with Crippen molar-refractivity contribution in [2.75, 3.05) is 38.5 Å². The lowest BCUT2D eigenvalue weighted by Gasteiger charge is -2.23. The summed E-state index contributed by atoms with van der Waals surface area (Å²) in [5.41, 5.74) is 6.83. The summed E-state index contributed by atoms with van der Waals surface area (Å²) in [4.78, 5) is 18.7. The molecule has 0 saturated carbocycles. The Morgan fingerprint density at radius 3 is 2.40 bits per heavy atom. The Hall–Kier alpha value is -3.88. The molecular formula is C34H40N4O7S2. The number of aryl methyl sites for hydroxylation is 5. The van der Waals surface area contributed by atoms with Gasteiger partial charge in [-0.15, -0.1) is 11.3 Å². The summed E-state index contributed by atoms with van der Waals surface area (Å²) in [6, 6.07) is 11.2. The zero-order chi connectivity index (χ0) is 34.0. The van der Waals surface area contributed by atoms with Crippen LogP contribution in [0.5, 0.6) is 0 Å². The molecule has 0 fully saturated rings. The molecule has 1 aromatic carbocycles. The molecule has 0 atom stereocenters. The highest BCUT2D eigenvalue weighted by molar-refractivity contribution is 7.95. The monoisotopic (exact) mass is 680 g/mol. The summed E-state index contributed by atoms with van der Waals surface area (Å²) in [7, 11) is -1.03. The van der Waals surface area contributed by atoms with Gasteiger partial charge in [0.25, 0.3) is 15.6 Å². The molecule has 0 unspecified atom stereocenters. The van der Waals surface area contributed by atoms with Crippen molar-refractivity contribution in [3.05, 3.63) is 91.0 Å². The second kappa shape index (κ2) is 14.1. The first-order valence-corrected chi connectivity index (χ1v) is 17.3. The van der Waals surface area contributed by atoms with Crippen LogP contribution in [0.3, 0.4) is 0 Å². The standard InChI is InChI=1S/C34H40N4O7S2/c1-20-13-31(39)37(30-14-21(2)35-24(5)32(20)30)17-26-9-10-28(27(16-26)18-43-8)29-15-22(3)46-34(29)47(40,41)38(19-44-12-11-42-7)33-23(4)25(6)45-36-33/h9-10,13-16H,11-12,17-19H2,1-8H3. The molecular weight excluding hydrogens is 641 g/mol. The van der Waals surface area contributed by atoms with E-state index in [4.69, 9.17) is 18.7 Å². The third-order valence-corrected chi connectivity index (χ3v) is 11.3. The first kappa shape index (κ1) is 34.5.